The third kappa shape index (κ3) is 7.27. The molecule has 0 saturated heterocycles. The highest BCUT2D eigenvalue weighted by Gasteiger charge is 2.03. The average molecular weight is 279 g/mol. The molecule has 3 nitrogen and oxygen atoms in total. The summed E-state index contributed by atoms with van der Waals surface area (Å²) in [6.07, 6.45) is 7.74. The maximum absolute atomic E-state index is 5.86. The molecule has 0 aliphatic rings. The van der Waals surface area contributed by atoms with E-state index in [2.05, 4.69) is 6.92 Å². The molecule has 0 aromatic heterocycles. The van der Waals surface area contributed by atoms with Crippen molar-refractivity contribution in [3.8, 4) is 11.5 Å². The SMILES string of the molecule is CCCCCCCCOc1cc(N)cc(OC(C)C)c1. The zero-order valence-corrected chi connectivity index (χ0v) is 13.2. The number of nitrogen functional groups attached to an aromatic ring is 1. The van der Waals surface area contributed by atoms with E-state index in [9.17, 15) is 0 Å². The van der Waals surface area contributed by atoms with Gasteiger partial charge in [0, 0.05) is 23.9 Å². The molecule has 0 fully saturated rings. The second-order valence-electron chi connectivity index (χ2n) is 5.52. The van der Waals surface area contributed by atoms with Crippen molar-refractivity contribution in [2.45, 2.75) is 65.4 Å². The molecule has 1 rings (SSSR count). The topological polar surface area (TPSA) is 44.5 Å². The lowest BCUT2D eigenvalue weighted by Crippen LogP contribution is -2.06. The molecule has 114 valence electrons. The molecule has 0 aliphatic carbocycles. The molecule has 0 saturated carbocycles. The van der Waals surface area contributed by atoms with Crippen molar-refractivity contribution in [2.75, 3.05) is 12.3 Å². The number of ether oxygens (including phenoxy) is 2. The van der Waals surface area contributed by atoms with E-state index < -0.39 is 0 Å². The van der Waals surface area contributed by atoms with E-state index in [0.29, 0.717) is 5.69 Å². The summed E-state index contributed by atoms with van der Waals surface area (Å²) in [5, 5.41) is 0. The summed E-state index contributed by atoms with van der Waals surface area (Å²) in [7, 11) is 0. The Hall–Kier alpha value is -1.38. The number of rotatable bonds is 10. The van der Waals surface area contributed by atoms with Gasteiger partial charge in [-0.15, -0.1) is 0 Å². The summed E-state index contributed by atoms with van der Waals surface area (Å²) in [5.74, 6) is 1.58. The smallest absolute Gasteiger partial charge is 0.125 e. The quantitative estimate of drug-likeness (QED) is 0.494. The molecule has 20 heavy (non-hydrogen) atoms. The fourth-order valence-electron chi connectivity index (χ4n) is 2.09. The lowest BCUT2D eigenvalue weighted by atomic mass is 10.1. The number of hydrogen-bond acceptors (Lipinski definition) is 3. The molecule has 0 amide bonds. The van der Waals surface area contributed by atoms with Crippen LogP contribution in [0, 0.1) is 0 Å². The van der Waals surface area contributed by atoms with Crippen LogP contribution in [0.3, 0.4) is 0 Å². The van der Waals surface area contributed by atoms with Crippen LogP contribution in [-0.4, -0.2) is 12.7 Å². The molecule has 1 aromatic rings. The minimum Gasteiger partial charge on any atom is -0.493 e. The Bertz CT molecular complexity index is 377. The first-order chi connectivity index (χ1) is 9.61. The Labute approximate surface area is 123 Å². The average Bonchev–Trinajstić information content (AvgIpc) is 2.36. The first-order valence-electron chi connectivity index (χ1n) is 7.82. The minimum atomic E-state index is 0.142. The number of nitrogens with two attached hydrogens (primary N) is 1. The summed E-state index contributed by atoms with van der Waals surface area (Å²) >= 11 is 0. The van der Waals surface area contributed by atoms with Crippen LogP contribution in [0.1, 0.15) is 59.3 Å². The predicted molar refractivity (Wildman–Crippen MR) is 85.5 cm³/mol. The molecule has 2 N–H and O–H groups in total. The Kier molecular flexibility index (Phi) is 7.93. The van der Waals surface area contributed by atoms with E-state index in [0.717, 1.165) is 24.5 Å². The fraction of sp³-hybridized carbons (Fsp3) is 0.647. The molecule has 0 radical (unpaired) electrons. The normalized spacial score (nSPS) is 10.8. The molecule has 0 unspecified atom stereocenters. The monoisotopic (exact) mass is 279 g/mol. The van der Waals surface area contributed by atoms with Crippen LogP contribution in [0.25, 0.3) is 0 Å². The van der Waals surface area contributed by atoms with Crippen LogP contribution < -0.4 is 15.2 Å². The fourth-order valence-corrected chi connectivity index (χ4v) is 2.09. The first-order valence-corrected chi connectivity index (χ1v) is 7.82. The highest BCUT2D eigenvalue weighted by atomic mass is 16.5. The zero-order valence-electron chi connectivity index (χ0n) is 13.2. The van der Waals surface area contributed by atoms with E-state index in [1.807, 2.05) is 32.0 Å². The van der Waals surface area contributed by atoms with Crippen molar-refractivity contribution >= 4 is 5.69 Å². The summed E-state index contributed by atoms with van der Waals surface area (Å²) in [5.41, 5.74) is 6.54. The van der Waals surface area contributed by atoms with Gasteiger partial charge in [-0.1, -0.05) is 39.0 Å². The van der Waals surface area contributed by atoms with E-state index in [1.54, 1.807) is 0 Å². The van der Waals surface area contributed by atoms with Gasteiger partial charge in [0.25, 0.3) is 0 Å². The predicted octanol–water partition coefficient (Wildman–Crippen LogP) is 4.80. The number of anilines is 1. The Morgan fingerprint density at radius 1 is 0.950 bits per heavy atom. The van der Waals surface area contributed by atoms with Gasteiger partial charge in [-0.25, -0.2) is 0 Å². The molecular formula is C17H29NO2. The van der Waals surface area contributed by atoms with Crippen LogP contribution in [0.2, 0.25) is 0 Å². The Morgan fingerprint density at radius 3 is 2.30 bits per heavy atom. The van der Waals surface area contributed by atoms with Gasteiger partial charge >= 0.3 is 0 Å². The Balaban J connectivity index is 2.30. The van der Waals surface area contributed by atoms with Gasteiger partial charge in [-0.05, 0) is 20.3 Å². The van der Waals surface area contributed by atoms with Gasteiger partial charge in [-0.2, -0.15) is 0 Å². The number of hydrogen-bond donors (Lipinski definition) is 1. The lowest BCUT2D eigenvalue weighted by Gasteiger charge is -2.13. The van der Waals surface area contributed by atoms with E-state index in [-0.39, 0.29) is 6.10 Å². The van der Waals surface area contributed by atoms with Crippen molar-refractivity contribution in [1.29, 1.82) is 0 Å². The summed E-state index contributed by atoms with van der Waals surface area (Å²) in [6.45, 7) is 6.98. The number of benzene rings is 1. The molecule has 0 bridgehead atoms. The second kappa shape index (κ2) is 9.51. The molecule has 0 spiro atoms. The van der Waals surface area contributed by atoms with Gasteiger partial charge in [0.15, 0.2) is 0 Å². The van der Waals surface area contributed by atoms with Crippen molar-refractivity contribution in [2.24, 2.45) is 0 Å². The van der Waals surface area contributed by atoms with Crippen molar-refractivity contribution in [1.82, 2.24) is 0 Å². The third-order valence-corrected chi connectivity index (χ3v) is 3.04. The van der Waals surface area contributed by atoms with E-state index >= 15 is 0 Å². The molecule has 1 aromatic carbocycles. The standard InChI is InChI=1S/C17H29NO2/c1-4-5-6-7-8-9-10-19-16-11-15(18)12-17(13-16)20-14(2)3/h11-14H,4-10,18H2,1-3H3. The Morgan fingerprint density at radius 2 is 1.60 bits per heavy atom. The van der Waals surface area contributed by atoms with Gasteiger partial charge in [0.2, 0.25) is 0 Å². The van der Waals surface area contributed by atoms with Crippen LogP contribution in [0.15, 0.2) is 18.2 Å². The van der Waals surface area contributed by atoms with Crippen molar-refractivity contribution in [3.05, 3.63) is 18.2 Å². The highest BCUT2D eigenvalue weighted by molar-refractivity contribution is 5.50. The second-order valence-corrected chi connectivity index (χ2v) is 5.52. The van der Waals surface area contributed by atoms with Gasteiger partial charge in [-0.3, -0.25) is 0 Å². The summed E-state index contributed by atoms with van der Waals surface area (Å²) in [6, 6.07) is 5.59. The van der Waals surface area contributed by atoms with Gasteiger partial charge in [0.1, 0.15) is 11.5 Å². The first kappa shape index (κ1) is 16.7. The largest absolute Gasteiger partial charge is 0.493 e. The van der Waals surface area contributed by atoms with Crippen LogP contribution in [0.4, 0.5) is 5.69 Å². The third-order valence-electron chi connectivity index (χ3n) is 3.04. The number of unbranched alkanes of at least 4 members (excludes halogenated alkanes) is 5. The van der Waals surface area contributed by atoms with Crippen molar-refractivity contribution < 1.29 is 9.47 Å². The molecule has 0 atom stereocenters. The van der Waals surface area contributed by atoms with Gasteiger partial charge in [0.05, 0.1) is 12.7 Å². The summed E-state index contributed by atoms with van der Waals surface area (Å²) < 4.78 is 11.4. The maximum atomic E-state index is 5.86. The molecule has 3 heteroatoms. The highest BCUT2D eigenvalue weighted by Crippen LogP contribution is 2.25. The minimum absolute atomic E-state index is 0.142. The molecule has 0 heterocycles. The molecule has 0 aliphatic heterocycles. The zero-order chi connectivity index (χ0) is 14.8. The van der Waals surface area contributed by atoms with E-state index in [4.69, 9.17) is 15.2 Å². The summed E-state index contributed by atoms with van der Waals surface area (Å²) in [4.78, 5) is 0. The molecular weight excluding hydrogens is 250 g/mol. The van der Waals surface area contributed by atoms with Crippen LogP contribution in [0.5, 0.6) is 11.5 Å². The lowest BCUT2D eigenvalue weighted by molar-refractivity contribution is 0.240. The van der Waals surface area contributed by atoms with Crippen molar-refractivity contribution in [3.63, 3.8) is 0 Å². The van der Waals surface area contributed by atoms with Crippen LogP contribution >= 0.6 is 0 Å². The maximum Gasteiger partial charge on any atom is 0.125 e. The van der Waals surface area contributed by atoms with Crippen LogP contribution in [-0.2, 0) is 0 Å². The van der Waals surface area contributed by atoms with Gasteiger partial charge < -0.3 is 15.2 Å². The van der Waals surface area contributed by atoms with E-state index in [1.165, 1.54) is 32.1 Å².